The first-order valence-corrected chi connectivity index (χ1v) is 9.33. The van der Waals surface area contributed by atoms with E-state index >= 15 is 0 Å². The van der Waals surface area contributed by atoms with Gasteiger partial charge in [0.15, 0.2) is 0 Å². The highest BCUT2D eigenvalue weighted by Crippen LogP contribution is 2.24. The van der Waals surface area contributed by atoms with E-state index in [0.29, 0.717) is 6.54 Å². The van der Waals surface area contributed by atoms with Crippen LogP contribution in [0.1, 0.15) is 23.6 Å². The molecule has 0 aliphatic carbocycles. The third-order valence-corrected chi connectivity index (χ3v) is 5.07. The van der Waals surface area contributed by atoms with Crippen molar-refractivity contribution in [3.05, 3.63) is 59.7 Å². The van der Waals surface area contributed by atoms with Crippen LogP contribution in [-0.4, -0.2) is 61.0 Å². The number of nitrogens with zero attached hydrogens (tertiary/aromatic N) is 4. The van der Waals surface area contributed by atoms with Crippen LogP contribution in [-0.2, 0) is 4.79 Å². The van der Waals surface area contributed by atoms with Crippen LogP contribution in [0.2, 0.25) is 0 Å². The van der Waals surface area contributed by atoms with Gasteiger partial charge < -0.3 is 9.80 Å². The van der Waals surface area contributed by atoms with Crippen molar-refractivity contribution < 1.29 is 9.18 Å². The van der Waals surface area contributed by atoms with E-state index in [-0.39, 0.29) is 11.7 Å². The summed E-state index contributed by atoms with van der Waals surface area (Å²) in [5.74, 6) is -0.221. The molecule has 144 valence electrons. The molecule has 0 N–H and O–H groups in total. The molecule has 0 unspecified atom stereocenters. The van der Waals surface area contributed by atoms with E-state index in [4.69, 9.17) is 0 Å². The van der Waals surface area contributed by atoms with E-state index in [1.54, 1.807) is 12.1 Å². The molecule has 0 bridgehead atoms. The van der Waals surface area contributed by atoms with E-state index in [0.717, 1.165) is 37.2 Å². The Labute approximate surface area is 160 Å². The zero-order chi connectivity index (χ0) is 19.4. The molecule has 1 aromatic carbocycles. The van der Waals surface area contributed by atoms with Gasteiger partial charge >= 0.3 is 0 Å². The number of aromatic nitrogens is 1. The first kappa shape index (κ1) is 19.3. The summed E-state index contributed by atoms with van der Waals surface area (Å²) >= 11 is 0. The van der Waals surface area contributed by atoms with Crippen molar-refractivity contribution in [2.75, 3.05) is 45.2 Å². The second-order valence-corrected chi connectivity index (χ2v) is 7.25. The summed E-state index contributed by atoms with van der Waals surface area (Å²) < 4.78 is 13.3. The minimum atomic E-state index is -0.403. The van der Waals surface area contributed by atoms with Crippen LogP contribution in [0.5, 0.6) is 0 Å². The molecule has 0 spiro atoms. The average molecular weight is 370 g/mol. The normalized spacial score (nSPS) is 16.3. The number of rotatable bonds is 4. The molecule has 2 aromatic rings. The Bertz CT molecular complexity index is 778. The van der Waals surface area contributed by atoms with Crippen molar-refractivity contribution in [3.8, 4) is 0 Å². The molecule has 6 heteroatoms. The molecule has 1 aliphatic rings. The number of anilines is 1. The molecule has 1 fully saturated rings. The first-order chi connectivity index (χ1) is 13.0. The fraction of sp³-hybridized carbons (Fsp3) is 0.429. The molecule has 0 radical (unpaired) electrons. The number of carbonyl (C=O) groups is 1. The maximum atomic E-state index is 13.3. The van der Waals surface area contributed by atoms with Crippen LogP contribution >= 0.6 is 0 Å². The third kappa shape index (κ3) is 4.45. The van der Waals surface area contributed by atoms with Crippen molar-refractivity contribution >= 4 is 11.6 Å². The quantitative estimate of drug-likeness (QED) is 0.830. The Balaban J connectivity index is 1.74. The van der Waals surface area contributed by atoms with Crippen LogP contribution in [0.4, 0.5) is 10.1 Å². The molecule has 1 aromatic heterocycles. The van der Waals surface area contributed by atoms with Gasteiger partial charge in [0.05, 0.1) is 0 Å². The standard InChI is InChI=1S/C21H27FN4O/c1-16-15-23-10-9-19(16)25-11-4-12-26(14-13-25)21(27)20(24(2)3)17-5-7-18(22)8-6-17/h5-10,15,20H,4,11-14H2,1-3H3/t20-/m1/s1. The maximum absolute atomic E-state index is 13.3. The molecule has 0 saturated carbocycles. The van der Waals surface area contributed by atoms with Crippen LogP contribution in [0.15, 0.2) is 42.7 Å². The van der Waals surface area contributed by atoms with Gasteiger partial charge in [-0.15, -0.1) is 0 Å². The van der Waals surface area contributed by atoms with Gasteiger partial charge in [-0.2, -0.15) is 0 Å². The lowest BCUT2D eigenvalue weighted by Crippen LogP contribution is -2.42. The number of amides is 1. The highest BCUT2D eigenvalue weighted by molar-refractivity contribution is 5.83. The Kier molecular flexibility index (Phi) is 6.06. The fourth-order valence-electron chi connectivity index (χ4n) is 3.68. The van der Waals surface area contributed by atoms with Crippen LogP contribution in [0.3, 0.4) is 0 Å². The van der Waals surface area contributed by atoms with Gasteiger partial charge in [-0.25, -0.2) is 4.39 Å². The predicted molar refractivity (Wildman–Crippen MR) is 105 cm³/mol. The van der Waals surface area contributed by atoms with Gasteiger partial charge in [0.25, 0.3) is 0 Å². The molecule has 27 heavy (non-hydrogen) atoms. The molecule has 3 rings (SSSR count). The van der Waals surface area contributed by atoms with Crippen molar-refractivity contribution in [1.29, 1.82) is 0 Å². The number of hydrogen-bond donors (Lipinski definition) is 0. The topological polar surface area (TPSA) is 39.7 Å². The summed E-state index contributed by atoms with van der Waals surface area (Å²) in [6.07, 6.45) is 4.60. The fourth-order valence-corrected chi connectivity index (χ4v) is 3.68. The average Bonchev–Trinajstić information content (AvgIpc) is 2.90. The lowest BCUT2D eigenvalue weighted by molar-refractivity contribution is -0.136. The van der Waals surface area contributed by atoms with E-state index in [9.17, 15) is 9.18 Å². The van der Waals surface area contributed by atoms with Crippen LogP contribution in [0, 0.1) is 12.7 Å². The number of pyridine rings is 1. The summed E-state index contributed by atoms with van der Waals surface area (Å²) in [5, 5.41) is 0. The van der Waals surface area contributed by atoms with Gasteiger partial charge in [-0.3, -0.25) is 14.7 Å². The summed E-state index contributed by atoms with van der Waals surface area (Å²) in [6, 6.07) is 7.85. The Morgan fingerprint density at radius 2 is 1.85 bits per heavy atom. The lowest BCUT2D eigenvalue weighted by atomic mass is 10.0. The van der Waals surface area contributed by atoms with E-state index in [1.807, 2.05) is 42.4 Å². The zero-order valence-electron chi connectivity index (χ0n) is 16.2. The van der Waals surface area contributed by atoms with Gasteiger partial charge in [0.1, 0.15) is 11.9 Å². The third-order valence-electron chi connectivity index (χ3n) is 5.07. The van der Waals surface area contributed by atoms with Crippen molar-refractivity contribution in [2.24, 2.45) is 0 Å². The molecular formula is C21H27FN4O. The minimum Gasteiger partial charge on any atom is -0.369 e. The molecule has 2 heterocycles. The van der Waals surface area contributed by atoms with Gasteiger partial charge in [0.2, 0.25) is 5.91 Å². The largest absolute Gasteiger partial charge is 0.369 e. The van der Waals surface area contributed by atoms with Crippen LogP contribution < -0.4 is 4.90 Å². The maximum Gasteiger partial charge on any atom is 0.244 e. The van der Waals surface area contributed by atoms with Crippen LogP contribution in [0.25, 0.3) is 0 Å². The summed E-state index contributed by atoms with van der Waals surface area (Å²) in [6.45, 7) is 5.17. The van der Waals surface area contributed by atoms with Crippen molar-refractivity contribution in [2.45, 2.75) is 19.4 Å². The Morgan fingerprint density at radius 1 is 1.11 bits per heavy atom. The lowest BCUT2D eigenvalue weighted by Gasteiger charge is -2.30. The van der Waals surface area contributed by atoms with E-state index < -0.39 is 6.04 Å². The SMILES string of the molecule is Cc1cnccc1N1CCCN(C(=O)[C@@H](c2ccc(F)cc2)N(C)C)CC1. The Morgan fingerprint density at radius 3 is 2.52 bits per heavy atom. The van der Waals surface area contributed by atoms with Crippen molar-refractivity contribution in [3.63, 3.8) is 0 Å². The molecular weight excluding hydrogens is 343 g/mol. The number of benzene rings is 1. The molecule has 5 nitrogen and oxygen atoms in total. The van der Waals surface area contributed by atoms with Gasteiger partial charge in [0, 0.05) is 44.3 Å². The monoisotopic (exact) mass is 370 g/mol. The molecule has 1 amide bonds. The number of aryl methyl sites for hydroxylation is 1. The number of hydrogen-bond acceptors (Lipinski definition) is 4. The second kappa shape index (κ2) is 8.48. The summed E-state index contributed by atoms with van der Waals surface area (Å²) in [7, 11) is 3.77. The molecule has 1 saturated heterocycles. The smallest absolute Gasteiger partial charge is 0.244 e. The van der Waals surface area contributed by atoms with E-state index in [1.165, 1.54) is 17.8 Å². The second-order valence-electron chi connectivity index (χ2n) is 7.25. The van der Waals surface area contributed by atoms with E-state index in [2.05, 4.69) is 16.8 Å². The predicted octanol–water partition coefficient (Wildman–Crippen LogP) is 2.87. The minimum absolute atomic E-state index is 0.0694. The zero-order valence-corrected chi connectivity index (χ0v) is 16.2. The van der Waals surface area contributed by atoms with Gasteiger partial charge in [-0.05, 0) is 56.8 Å². The van der Waals surface area contributed by atoms with Crippen molar-refractivity contribution in [1.82, 2.24) is 14.8 Å². The summed E-state index contributed by atoms with van der Waals surface area (Å²) in [5.41, 5.74) is 3.15. The summed E-state index contributed by atoms with van der Waals surface area (Å²) in [4.78, 5) is 23.6. The first-order valence-electron chi connectivity index (χ1n) is 9.33. The van der Waals surface area contributed by atoms with Gasteiger partial charge in [-0.1, -0.05) is 12.1 Å². The number of halogens is 1. The highest BCUT2D eigenvalue weighted by atomic mass is 19.1. The molecule has 1 aliphatic heterocycles. The number of likely N-dealkylation sites (N-methyl/N-ethyl adjacent to an activating group) is 1. The Hall–Kier alpha value is -2.47. The number of carbonyl (C=O) groups excluding carboxylic acids is 1. The molecule has 1 atom stereocenters. The highest BCUT2D eigenvalue weighted by Gasteiger charge is 2.29.